The second-order valence-electron chi connectivity index (χ2n) is 6.85. The third-order valence-electron chi connectivity index (χ3n) is 4.49. The number of nitrogens with one attached hydrogen (secondary N) is 2. The van der Waals surface area contributed by atoms with Crippen LogP contribution in [0.15, 0.2) is 70.5 Å². The SMILES string of the molecule is COc1ccc(S(=O)(=O)Nc2ccc(S(=O)(=O)Nc3cc(C)ccc3C)cc2)cc1I. The Balaban J connectivity index is 1.81. The van der Waals surface area contributed by atoms with Gasteiger partial charge in [0.1, 0.15) is 5.75 Å². The molecule has 0 fully saturated rings. The van der Waals surface area contributed by atoms with Crippen molar-refractivity contribution < 1.29 is 21.6 Å². The summed E-state index contributed by atoms with van der Waals surface area (Å²) >= 11 is 1.99. The van der Waals surface area contributed by atoms with Gasteiger partial charge in [0.25, 0.3) is 20.0 Å². The van der Waals surface area contributed by atoms with Crippen molar-refractivity contribution in [2.24, 2.45) is 0 Å². The molecule has 0 radical (unpaired) electrons. The van der Waals surface area contributed by atoms with Gasteiger partial charge in [-0.15, -0.1) is 0 Å². The molecule has 3 aromatic rings. The standard InChI is InChI=1S/C21H21IN2O5S2/c1-14-4-5-15(2)20(12-14)24-30(25,26)17-8-6-16(7-9-17)23-31(27,28)18-10-11-21(29-3)19(22)13-18/h4-13,23-24H,1-3H3. The highest BCUT2D eigenvalue weighted by atomic mass is 127. The molecule has 0 aromatic heterocycles. The van der Waals surface area contributed by atoms with Crippen molar-refractivity contribution in [1.82, 2.24) is 0 Å². The van der Waals surface area contributed by atoms with Crippen molar-refractivity contribution >= 4 is 54.0 Å². The maximum atomic E-state index is 12.7. The van der Waals surface area contributed by atoms with E-state index in [0.717, 1.165) is 11.1 Å². The summed E-state index contributed by atoms with van der Waals surface area (Å²) in [7, 11) is -6.16. The summed E-state index contributed by atoms with van der Waals surface area (Å²) in [5.74, 6) is 0.574. The number of benzene rings is 3. The van der Waals surface area contributed by atoms with Gasteiger partial charge < -0.3 is 4.74 Å². The van der Waals surface area contributed by atoms with E-state index in [0.29, 0.717) is 15.0 Å². The zero-order chi connectivity index (χ0) is 22.8. The summed E-state index contributed by atoms with van der Waals surface area (Å²) in [4.78, 5) is 0.0985. The van der Waals surface area contributed by atoms with E-state index < -0.39 is 20.0 Å². The highest BCUT2D eigenvalue weighted by Gasteiger charge is 2.18. The normalized spacial score (nSPS) is 11.7. The summed E-state index contributed by atoms with van der Waals surface area (Å²) < 4.78 is 61.6. The molecule has 0 heterocycles. The first-order valence-corrected chi connectivity index (χ1v) is 13.1. The van der Waals surface area contributed by atoms with Gasteiger partial charge in [-0.3, -0.25) is 9.44 Å². The molecule has 0 aliphatic carbocycles. The van der Waals surface area contributed by atoms with Crippen LogP contribution in [0.25, 0.3) is 0 Å². The third-order valence-corrected chi connectivity index (χ3v) is 8.09. The minimum absolute atomic E-state index is 0.0235. The van der Waals surface area contributed by atoms with Crippen molar-refractivity contribution in [3.63, 3.8) is 0 Å². The minimum Gasteiger partial charge on any atom is -0.496 e. The number of aryl methyl sites for hydroxylation is 2. The van der Waals surface area contributed by atoms with Gasteiger partial charge in [-0.05, 0) is 96.1 Å². The molecule has 2 N–H and O–H groups in total. The highest BCUT2D eigenvalue weighted by molar-refractivity contribution is 14.1. The Bertz CT molecular complexity index is 1320. The molecule has 164 valence electrons. The largest absolute Gasteiger partial charge is 0.496 e. The Morgan fingerprint density at radius 3 is 2.00 bits per heavy atom. The Hall–Kier alpha value is -2.31. The van der Waals surface area contributed by atoms with E-state index in [1.54, 1.807) is 12.1 Å². The van der Waals surface area contributed by atoms with E-state index >= 15 is 0 Å². The second kappa shape index (κ2) is 9.05. The predicted octanol–water partition coefficient (Wildman–Crippen LogP) is 4.52. The molecule has 0 aliphatic heterocycles. The van der Waals surface area contributed by atoms with Crippen LogP contribution in [0, 0.1) is 17.4 Å². The maximum Gasteiger partial charge on any atom is 0.261 e. The lowest BCUT2D eigenvalue weighted by Gasteiger charge is -2.13. The number of ether oxygens (including phenoxy) is 1. The van der Waals surface area contributed by atoms with Crippen LogP contribution in [-0.4, -0.2) is 23.9 Å². The molecular weight excluding hydrogens is 551 g/mol. The molecule has 0 aliphatic rings. The molecular formula is C21H21IN2O5S2. The van der Waals surface area contributed by atoms with E-state index in [-0.39, 0.29) is 15.5 Å². The van der Waals surface area contributed by atoms with Crippen LogP contribution in [-0.2, 0) is 20.0 Å². The molecule has 7 nitrogen and oxygen atoms in total. The monoisotopic (exact) mass is 572 g/mol. The van der Waals surface area contributed by atoms with E-state index in [9.17, 15) is 16.8 Å². The lowest BCUT2D eigenvalue weighted by Crippen LogP contribution is -2.15. The average Bonchev–Trinajstić information content (AvgIpc) is 2.70. The van der Waals surface area contributed by atoms with Gasteiger partial charge in [0.05, 0.1) is 26.2 Å². The van der Waals surface area contributed by atoms with Crippen LogP contribution in [0.2, 0.25) is 0 Å². The first-order valence-electron chi connectivity index (χ1n) is 9.08. The Morgan fingerprint density at radius 1 is 0.774 bits per heavy atom. The van der Waals surface area contributed by atoms with E-state index in [2.05, 4.69) is 9.44 Å². The van der Waals surface area contributed by atoms with Crippen LogP contribution >= 0.6 is 22.6 Å². The Kier molecular flexibility index (Phi) is 6.82. The summed E-state index contributed by atoms with van der Waals surface area (Å²) in [6.07, 6.45) is 0. The smallest absolute Gasteiger partial charge is 0.261 e. The highest BCUT2D eigenvalue weighted by Crippen LogP contribution is 2.26. The topological polar surface area (TPSA) is 102 Å². The lowest BCUT2D eigenvalue weighted by molar-refractivity contribution is 0.411. The van der Waals surface area contributed by atoms with Crippen LogP contribution in [0.1, 0.15) is 11.1 Å². The second-order valence-corrected chi connectivity index (χ2v) is 11.4. The summed E-state index contributed by atoms with van der Waals surface area (Å²) in [5, 5.41) is 0. The van der Waals surface area contributed by atoms with Crippen LogP contribution in [0.3, 0.4) is 0 Å². The number of hydrogen-bond acceptors (Lipinski definition) is 5. The van der Waals surface area contributed by atoms with Gasteiger partial charge in [-0.2, -0.15) is 0 Å². The minimum atomic E-state index is -3.84. The van der Waals surface area contributed by atoms with Crippen molar-refractivity contribution in [1.29, 1.82) is 0 Å². The first kappa shape index (κ1) is 23.4. The Labute approximate surface area is 196 Å². The molecule has 0 unspecified atom stereocenters. The zero-order valence-electron chi connectivity index (χ0n) is 17.0. The van der Waals surface area contributed by atoms with Crippen LogP contribution in [0.4, 0.5) is 11.4 Å². The molecule has 0 saturated carbocycles. The van der Waals surface area contributed by atoms with Gasteiger partial charge in [-0.1, -0.05) is 12.1 Å². The number of methoxy groups -OCH3 is 1. The first-order chi connectivity index (χ1) is 14.5. The van der Waals surface area contributed by atoms with Crippen molar-refractivity contribution in [3.05, 3.63) is 75.4 Å². The van der Waals surface area contributed by atoms with E-state index in [1.807, 2.05) is 48.6 Å². The third kappa shape index (κ3) is 5.49. The van der Waals surface area contributed by atoms with Gasteiger partial charge in [0, 0.05) is 5.69 Å². The number of halogens is 1. The van der Waals surface area contributed by atoms with E-state index in [4.69, 9.17) is 4.74 Å². The summed E-state index contributed by atoms with van der Waals surface area (Å²) in [5.41, 5.74) is 2.48. The van der Waals surface area contributed by atoms with Gasteiger partial charge in [0.15, 0.2) is 0 Å². The van der Waals surface area contributed by atoms with Crippen molar-refractivity contribution in [2.75, 3.05) is 16.6 Å². The fourth-order valence-electron chi connectivity index (χ4n) is 2.78. The summed E-state index contributed by atoms with van der Waals surface area (Å²) in [6, 6.07) is 15.5. The van der Waals surface area contributed by atoms with Crippen molar-refractivity contribution in [3.8, 4) is 5.75 Å². The number of anilines is 2. The molecule has 0 amide bonds. The average molecular weight is 572 g/mol. The van der Waals surface area contributed by atoms with Gasteiger partial charge in [0.2, 0.25) is 0 Å². The number of sulfonamides is 2. The molecule has 31 heavy (non-hydrogen) atoms. The van der Waals surface area contributed by atoms with Crippen LogP contribution in [0.5, 0.6) is 5.75 Å². The van der Waals surface area contributed by atoms with Crippen LogP contribution < -0.4 is 14.2 Å². The quantitative estimate of drug-likeness (QED) is 0.406. The summed E-state index contributed by atoms with van der Waals surface area (Å²) in [6.45, 7) is 3.69. The number of rotatable bonds is 7. The van der Waals surface area contributed by atoms with Gasteiger partial charge >= 0.3 is 0 Å². The van der Waals surface area contributed by atoms with Crippen molar-refractivity contribution in [2.45, 2.75) is 23.6 Å². The molecule has 0 spiro atoms. The maximum absolute atomic E-state index is 12.7. The zero-order valence-corrected chi connectivity index (χ0v) is 20.8. The molecule has 0 atom stereocenters. The predicted molar refractivity (Wildman–Crippen MR) is 130 cm³/mol. The fourth-order valence-corrected chi connectivity index (χ4v) is 5.93. The van der Waals surface area contributed by atoms with Gasteiger partial charge in [-0.25, -0.2) is 16.8 Å². The Morgan fingerprint density at radius 2 is 1.39 bits per heavy atom. The molecule has 3 aromatic carbocycles. The molecule has 0 bridgehead atoms. The molecule has 3 rings (SSSR count). The molecule has 10 heteroatoms. The number of hydrogen-bond donors (Lipinski definition) is 2. The fraction of sp³-hybridized carbons (Fsp3) is 0.143. The van der Waals surface area contributed by atoms with E-state index in [1.165, 1.54) is 43.5 Å². The molecule has 0 saturated heterocycles. The lowest BCUT2D eigenvalue weighted by atomic mass is 10.1.